The Labute approximate surface area is 191 Å². The van der Waals surface area contributed by atoms with Crippen molar-refractivity contribution < 1.29 is 19.4 Å². The molecule has 0 unspecified atom stereocenters. The van der Waals surface area contributed by atoms with Crippen LogP contribution in [0.4, 0.5) is 9.80 Å². The number of hydrogen-bond acceptors (Lipinski definition) is 4. The summed E-state index contributed by atoms with van der Waals surface area (Å²) in [5, 5.41) is 12.7. The molecule has 2 aliphatic carbocycles. The van der Waals surface area contributed by atoms with E-state index in [0.29, 0.717) is 10.9 Å². The SMILES string of the molecule is O=C(Nc1sc(C2CCCCC2)cc1C(=O)O)OCC1c2ccccc2-c2ccccc21. The van der Waals surface area contributed by atoms with Gasteiger partial charge in [0.05, 0.1) is 5.56 Å². The number of amides is 1. The molecular weight excluding hydrogens is 422 g/mol. The average Bonchev–Trinajstić information content (AvgIpc) is 3.38. The van der Waals surface area contributed by atoms with E-state index in [9.17, 15) is 14.7 Å². The largest absolute Gasteiger partial charge is 0.478 e. The second-order valence-corrected chi connectivity index (χ2v) is 9.57. The normalized spacial score (nSPS) is 15.8. The molecule has 32 heavy (non-hydrogen) atoms. The lowest BCUT2D eigenvalue weighted by Gasteiger charge is -2.19. The molecule has 5 rings (SSSR count). The minimum atomic E-state index is -1.03. The molecule has 2 aromatic carbocycles. The van der Waals surface area contributed by atoms with E-state index in [2.05, 4.69) is 29.6 Å². The summed E-state index contributed by atoms with van der Waals surface area (Å²) in [6, 6.07) is 18.1. The van der Waals surface area contributed by atoms with Crippen molar-refractivity contribution in [1.82, 2.24) is 0 Å². The third kappa shape index (κ3) is 3.91. The molecule has 0 aliphatic heterocycles. The van der Waals surface area contributed by atoms with Gasteiger partial charge in [-0.3, -0.25) is 5.32 Å². The summed E-state index contributed by atoms with van der Waals surface area (Å²) in [4.78, 5) is 25.4. The molecule has 0 saturated heterocycles. The van der Waals surface area contributed by atoms with Crippen LogP contribution in [0, 0.1) is 0 Å². The molecule has 0 spiro atoms. The van der Waals surface area contributed by atoms with E-state index < -0.39 is 12.1 Å². The first kappa shape index (κ1) is 20.8. The number of thiophene rings is 1. The Morgan fingerprint density at radius 1 is 0.969 bits per heavy atom. The molecule has 5 nitrogen and oxygen atoms in total. The molecule has 2 aliphatic rings. The fourth-order valence-corrected chi connectivity index (χ4v) is 6.18. The summed E-state index contributed by atoms with van der Waals surface area (Å²) in [6.45, 7) is 0.198. The number of aromatic carboxylic acids is 1. The fourth-order valence-electron chi connectivity index (χ4n) is 4.98. The van der Waals surface area contributed by atoms with E-state index in [1.165, 1.54) is 41.7 Å². The van der Waals surface area contributed by atoms with Crippen LogP contribution < -0.4 is 5.32 Å². The van der Waals surface area contributed by atoms with Crippen molar-refractivity contribution in [3.05, 3.63) is 76.2 Å². The van der Waals surface area contributed by atoms with Gasteiger partial charge in [0.1, 0.15) is 11.6 Å². The molecule has 1 amide bonds. The molecule has 1 saturated carbocycles. The molecule has 2 N–H and O–H groups in total. The van der Waals surface area contributed by atoms with Crippen LogP contribution in [-0.2, 0) is 4.74 Å². The molecule has 0 radical (unpaired) electrons. The van der Waals surface area contributed by atoms with Gasteiger partial charge in [-0.05, 0) is 47.1 Å². The lowest BCUT2D eigenvalue weighted by Crippen LogP contribution is -2.18. The van der Waals surface area contributed by atoms with Crippen molar-refractivity contribution in [3.63, 3.8) is 0 Å². The van der Waals surface area contributed by atoms with E-state index in [4.69, 9.17) is 4.74 Å². The average molecular weight is 448 g/mol. The van der Waals surface area contributed by atoms with Crippen LogP contribution in [0.15, 0.2) is 54.6 Å². The Balaban J connectivity index is 1.31. The second kappa shape index (κ2) is 8.79. The van der Waals surface area contributed by atoms with E-state index in [-0.39, 0.29) is 18.1 Å². The smallest absolute Gasteiger partial charge is 0.412 e. The lowest BCUT2D eigenvalue weighted by molar-refractivity contribution is 0.0698. The number of carboxylic acids is 1. The third-order valence-corrected chi connectivity index (χ3v) is 7.76. The highest BCUT2D eigenvalue weighted by atomic mass is 32.1. The minimum absolute atomic E-state index is 0.0340. The van der Waals surface area contributed by atoms with Crippen molar-refractivity contribution in [2.45, 2.75) is 43.9 Å². The van der Waals surface area contributed by atoms with Crippen molar-refractivity contribution in [1.29, 1.82) is 0 Å². The van der Waals surface area contributed by atoms with Crippen molar-refractivity contribution >= 4 is 28.4 Å². The maximum Gasteiger partial charge on any atom is 0.412 e. The van der Waals surface area contributed by atoms with Crippen LogP contribution in [0.2, 0.25) is 0 Å². The Morgan fingerprint density at radius 2 is 1.59 bits per heavy atom. The number of nitrogens with one attached hydrogen (secondary N) is 1. The van der Waals surface area contributed by atoms with Crippen molar-refractivity contribution in [2.75, 3.05) is 11.9 Å². The molecule has 3 aromatic rings. The zero-order valence-electron chi connectivity index (χ0n) is 17.7. The number of ether oxygens (including phenoxy) is 1. The number of carboxylic acid groups (broad SMARTS) is 1. The van der Waals surface area contributed by atoms with Crippen LogP contribution in [0.1, 0.15) is 70.3 Å². The zero-order valence-corrected chi connectivity index (χ0v) is 18.5. The summed E-state index contributed by atoms with van der Waals surface area (Å²) in [5.74, 6) is -0.685. The topological polar surface area (TPSA) is 75.6 Å². The van der Waals surface area contributed by atoms with Crippen LogP contribution in [0.5, 0.6) is 0 Å². The van der Waals surface area contributed by atoms with Crippen molar-refractivity contribution in [2.24, 2.45) is 0 Å². The number of anilines is 1. The predicted molar refractivity (Wildman–Crippen MR) is 126 cm³/mol. The van der Waals surface area contributed by atoms with Gasteiger partial charge in [0.25, 0.3) is 0 Å². The van der Waals surface area contributed by atoms with E-state index in [1.807, 2.05) is 24.3 Å². The highest BCUT2D eigenvalue weighted by Crippen LogP contribution is 2.45. The van der Waals surface area contributed by atoms with Gasteiger partial charge in [0, 0.05) is 10.8 Å². The number of fused-ring (bicyclic) bond motifs is 3. The summed E-state index contributed by atoms with van der Waals surface area (Å²) < 4.78 is 5.60. The molecule has 1 aromatic heterocycles. The molecule has 0 atom stereocenters. The van der Waals surface area contributed by atoms with Gasteiger partial charge in [-0.1, -0.05) is 67.8 Å². The Kier molecular flexibility index (Phi) is 5.70. The number of carbonyl (C=O) groups excluding carboxylic acids is 1. The number of benzene rings is 2. The van der Waals surface area contributed by atoms with Gasteiger partial charge in [0.15, 0.2) is 0 Å². The summed E-state index contributed by atoms with van der Waals surface area (Å²) in [7, 11) is 0. The van der Waals surface area contributed by atoms with Crippen LogP contribution >= 0.6 is 11.3 Å². The van der Waals surface area contributed by atoms with Crippen LogP contribution in [-0.4, -0.2) is 23.8 Å². The van der Waals surface area contributed by atoms with Crippen molar-refractivity contribution in [3.8, 4) is 11.1 Å². The second-order valence-electron chi connectivity index (χ2n) is 8.48. The summed E-state index contributed by atoms with van der Waals surface area (Å²) in [6.07, 6.45) is 5.10. The number of hydrogen-bond donors (Lipinski definition) is 2. The van der Waals surface area contributed by atoms with Gasteiger partial charge >= 0.3 is 12.1 Å². The minimum Gasteiger partial charge on any atom is -0.478 e. The monoisotopic (exact) mass is 447 g/mol. The van der Waals surface area contributed by atoms with Gasteiger partial charge in [-0.2, -0.15) is 0 Å². The summed E-state index contributed by atoms with van der Waals surface area (Å²) >= 11 is 1.37. The number of carbonyl (C=O) groups is 2. The Bertz CT molecular complexity index is 1120. The van der Waals surface area contributed by atoms with E-state index >= 15 is 0 Å². The molecular formula is C26H25NO4S. The van der Waals surface area contributed by atoms with Gasteiger partial charge in [0.2, 0.25) is 0 Å². The van der Waals surface area contributed by atoms with E-state index in [1.54, 1.807) is 6.07 Å². The molecule has 1 heterocycles. The summed E-state index contributed by atoms with van der Waals surface area (Å²) in [5.41, 5.74) is 4.76. The molecule has 1 fully saturated rings. The first-order valence-electron chi connectivity index (χ1n) is 11.1. The highest BCUT2D eigenvalue weighted by Gasteiger charge is 2.29. The third-order valence-electron chi connectivity index (χ3n) is 6.55. The van der Waals surface area contributed by atoms with Crippen LogP contribution in [0.25, 0.3) is 11.1 Å². The quantitative estimate of drug-likeness (QED) is 0.448. The Morgan fingerprint density at radius 3 is 2.22 bits per heavy atom. The zero-order chi connectivity index (χ0) is 22.1. The number of rotatable bonds is 5. The van der Waals surface area contributed by atoms with Crippen LogP contribution in [0.3, 0.4) is 0 Å². The Hall–Kier alpha value is -3.12. The molecule has 0 bridgehead atoms. The first-order valence-corrected chi connectivity index (χ1v) is 11.9. The molecule has 6 heteroatoms. The first-order chi connectivity index (χ1) is 15.6. The standard InChI is InChI=1S/C26H25NO4S/c28-25(29)21-14-23(16-8-2-1-3-9-16)32-24(21)27-26(30)31-15-22-19-12-6-4-10-17(19)18-11-5-7-13-20(18)22/h4-7,10-14,16,22H,1-3,8-9,15H2,(H,27,30)(H,28,29). The highest BCUT2D eigenvalue weighted by molar-refractivity contribution is 7.16. The maximum absolute atomic E-state index is 12.6. The predicted octanol–water partition coefficient (Wildman–Crippen LogP) is 6.86. The van der Waals surface area contributed by atoms with E-state index in [0.717, 1.165) is 28.8 Å². The maximum atomic E-state index is 12.6. The van der Waals surface area contributed by atoms with Gasteiger partial charge < -0.3 is 9.84 Å². The van der Waals surface area contributed by atoms with Gasteiger partial charge in [-0.25, -0.2) is 9.59 Å². The fraction of sp³-hybridized carbons (Fsp3) is 0.308. The molecule has 164 valence electrons. The lowest BCUT2D eigenvalue weighted by atomic mass is 9.88. The van der Waals surface area contributed by atoms with Gasteiger partial charge in [-0.15, -0.1) is 11.3 Å².